The zero-order valence-electron chi connectivity index (χ0n) is 16.9. The number of nitrogens with zero attached hydrogens (tertiary/aromatic N) is 2. The van der Waals surface area contributed by atoms with Gasteiger partial charge >= 0.3 is 0 Å². The highest BCUT2D eigenvalue weighted by atomic mass is 35.5. The number of fused-ring (bicyclic) bond motifs is 1. The summed E-state index contributed by atoms with van der Waals surface area (Å²) >= 11 is 6.09. The van der Waals surface area contributed by atoms with E-state index in [1.54, 1.807) is 7.11 Å². The van der Waals surface area contributed by atoms with Crippen LogP contribution < -0.4 is 9.64 Å². The van der Waals surface area contributed by atoms with Crippen LogP contribution in [0, 0.1) is 6.92 Å². The summed E-state index contributed by atoms with van der Waals surface area (Å²) in [4.78, 5) is 20.5. The van der Waals surface area contributed by atoms with Gasteiger partial charge in [0.25, 0.3) is 0 Å². The van der Waals surface area contributed by atoms with E-state index in [-0.39, 0.29) is 5.91 Å². The summed E-state index contributed by atoms with van der Waals surface area (Å²) in [6, 6.07) is 14.0. The number of piperazine rings is 1. The lowest BCUT2D eigenvalue weighted by molar-refractivity contribution is -0.131. The molecule has 0 radical (unpaired) electrons. The lowest BCUT2D eigenvalue weighted by atomic mass is 10.1. The Labute approximate surface area is 176 Å². The van der Waals surface area contributed by atoms with Crippen LogP contribution >= 0.6 is 11.6 Å². The van der Waals surface area contributed by atoms with Crippen molar-refractivity contribution in [3.05, 3.63) is 58.7 Å². The first-order valence-corrected chi connectivity index (χ1v) is 10.4. The Kier molecular flexibility index (Phi) is 5.67. The summed E-state index contributed by atoms with van der Waals surface area (Å²) in [5.74, 6) is 1.08. The molecule has 2 heterocycles. The van der Waals surface area contributed by atoms with Crippen LogP contribution in [0.1, 0.15) is 17.7 Å². The van der Waals surface area contributed by atoms with Crippen molar-refractivity contribution in [2.45, 2.75) is 19.8 Å². The van der Waals surface area contributed by atoms with Gasteiger partial charge in [0.1, 0.15) is 5.75 Å². The zero-order valence-corrected chi connectivity index (χ0v) is 17.6. The first-order valence-electron chi connectivity index (χ1n) is 9.98. The Morgan fingerprint density at radius 3 is 2.52 bits per heavy atom. The van der Waals surface area contributed by atoms with Crippen LogP contribution in [0.4, 0.5) is 5.69 Å². The largest absolute Gasteiger partial charge is 0.497 e. The summed E-state index contributed by atoms with van der Waals surface area (Å²) < 4.78 is 5.22. The first kappa shape index (κ1) is 19.6. The normalized spacial score (nSPS) is 14.4. The lowest BCUT2D eigenvalue weighted by Gasteiger charge is -2.36. The average molecular weight is 412 g/mol. The smallest absolute Gasteiger partial charge is 0.223 e. The van der Waals surface area contributed by atoms with E-state index in [2.05, 4.69) is 28.9 Å². The van der Waals surface area contributed by atoms with Crippen molar-refractivity contribution in [1.29, 1.82) is 0 Å². The number of carbonyl (C=O) groups excluding carboxylic acids is 1. The number of amides is 1. The third kappa shape index (κ3) is 4.20. The van der Waals surface area contributed by atoms with Gasteiger partial charge in [0.15, 0.2) is 0 Å². The monoisotopic (exact) mass is 411 g/mol. The molecule has 0 spiro atoms. The van der Waals surface area contributed by atoms with Crippen LogP contribution in [0.25, 0.3) is 10.9 Å². The van der Waals surface area contributed by atoms with E-state index in [1.165, 1.54) is 11.3 Å². The molecule has 1 aliphatic rings. The molecule has 1 N–H and O–H groups in total. The summed E-state index contributed by atoms with van der Waals surface area (Å²) in [6.07, 6.45) is 1.27. The Morgan fingerprint density at radius 1 is 1.10 bits per heavy atom. The number of benzene rings is 2. The molecule has 0 aliphatic carbocycles. The molecule has 0 unspecified atom stereocenters. The Hall–Kier alpha value is -2.66. The van der Waals surface area contributed by atoms with Crippen molar-refractivity contribution in [2.75, 3.05) is 38.2 Å². The predicted octanol–water partition coefficient (Wildman–Crippen LogP) is 4.42. The summed E-state index contributed by atoms with van der Waals surface area (Å²) in [5, 5.41) is 1.88. The molecular weight excluding hydrogens is 386 g/mol. The Bertz CT molecular complexity index is 1000. The van der Waals surface area contributed by atoms with E-state index in [1.807, 2.05) is 35.2 Å². The van der Waals surface area contributed by atoms with Gasteiger partial charge in [-0.15, -0.1) is 0 Å². The molecule has 0 atom stereocenters. The van der Waals surface area contributed by atoms with E-state index < -0.39 is 0 Å². The molecule has 2 aromatic carbocycles. The number of nitrogens with one attached hydrogen (secondary N) is 1. The fourth-order valence-corrected chi connectivity index (χ4v) is 4.25. The number of aromatic amines is 1. The van der Waals surface area contributed by atoms with Crippen LogP contribution in [0.2, 0.25) is 5.02 Å². The number of carbonyl (C=O) groups is 1. The highest BCUT2D eigenvalue weighted by molar-refractivity contribution is 6.31. The van der Waals surface area contributed by atoms with E-state index in [4.69, 9.17) is 16.3 Å². The van der Waals surface area contributed by atoms with Gasteiger partial charge in [0.2, 0.25) is 5.91 Å². The van der Waals surface area contributed by atoms with E-state index in [0.29, 0.717) is 6.42 Å². The number of rotatable bonds is 5. The molecule has 29 heavy (non-hydrogen) atoms. The average Bonchev–Trinajstić information content (AvgIpc) is 3.06. The standard InChI is InChI=1S/C23H26ClN3O2/c1-16-20(21-8-3-17(24)15-22(21)25-16)9-10-23(28)27-13-11-26(12-14-27)18-4-6-19(29-2)7-5-18/h3-8,15,25H,9-14H2,1-2H3. The van der Waals surface area contributed by atoms with Gasteiger partial charge in [-0.2, -0.15) is 0 Å². The van der Waals surface area contributed by atoms with Crippen molar-refractivity contribution in [3.8, 4) is 5.75 Å². The molecule has 5 nitrogen and oxygen atoms in total. The van der Waals surface area contributed by atoms with Crippen LogP contribution in [-0.4, -0.2) is 49.1 Å². The SMILES string of the molecule is COc1ccc(N2CCN(C(=O)CCc3c(C)[nH]c4cc(Cl)ccc34)CC2)cc1. The maximum atomic E-state index is 12.8. The molecule has 6 heteroatoms. The second kappa shape index (κ2) is 8.37. The van der Waals surface area contributed by atoms with Crippen molar-refractivity contribution >= 4 is 34.1 Å². The van der Waals surface area contributed by atoms with E-state index >= 15 is 0 Å². The Balaban J connectivity index is 1.34. The molecule has 1 amide bonds. The number of H-pyrrole nitrogens is 1. The molecule has 3 aromatic rings. The molecule has 0 saturated carbocycles. The second-order valence-electron chi connectivity index (χ2n) is 7.48. The second-order valence-corrected chi connectivity index (χ2v) is 7.92. The van der Waals surface area contributed by atoms with Crippen molar-refractivity contribution in [3.63, 3.8) is 0 Å². The predicted molar refractivity (Wildman–Crippen MR) is 118 cm³/mol. The quantitative estimate of drug-likeness (QED) is 0.676. The van der Waals surface area contributed by atoms with E-state index in [0.717, 1.165) is 60.0 Å². The third-order valence-electron chi connectivity index (χ3n) is 5.74. The fraction of sp³-hybridized carbons (Fsp3) is 0.348. The molecule has 152 valence electrons. The van der Waals surface area contributed by atoms with Gasteiger partial charge in [-0.1, -0.05) is 17.7 Å². The molecule has 4 rings (SSSR count). The van der Waals surface area contributed by atoms with Crippen LogP contribution in [0.15, 0.2) is 42.5 Å². The minimum Gasteiger partial charge on any atom is -0.497 e. The highest BCUT2D eigenvalue weighted by Gasteiger charge is 2.22. The highest BCUT2D eigenvalue weighted by Crippen LogP contribution is 2.26. The first-order chi connectivity index (χ1) is 14.0. The summed E-state index contributed by atoms with van der Waals surface area (Å²) in [5.41, 5.74) is 4.53. The third-order valence-corrected chi connectivity index (χ3v) is 5.98. The van der Waals surface area contributed by atoms with Crippen molar-refractivity contribution < 1.29 is 9.53 Å². The van der Waals surface area contributed by atoms with Gasteiger partial charge in [-0.25, -0.2) is 0 Å². The number of hydrogen-bond acceptors (Lipinski definition) is 3. The Morgan fingerprint density at radius 2 is 1.83 bits per heavy atom. The minimum absolute atomic E-state index is 0.224. The maximum absolute atomic E-state index is 12.8. The maximum Gasteiger partial charge on any atom is 0.223 e. The number of methoxy groups -OCH3 is 1. The van der Waals surface area contributed by atoms with E-state index in [9.17, 15) is 4.79 Å². The number of ether oxygens (including phenoxy) is 1. The van der Waals surface area contributed by atoms with Crippen LogP contribution in [-0.2, 0) is 11.2 Å². The van der Waals surface area contributed by atoms with Gasteiger partial charge < -0.3 is 19.5 Å². The molecular formula is C23H26ClN3O2. The molecule has 1 aromatic heterocycles. The molecule has 1 aliphatic heterocycles. The molecule has 1 saturated heterocycles. The molecule has 1 fully saturated rings. The van der Waals surface area contributed by atoms with Crippen molar-refractivity contribution in [1.82, 2.24) is 9.88 Å². The number of aromatic nitrogens is 1. The van der Waals surface area contributed by atoms with Gasteiger partial charge in [0, 0.05) is 59.9 Å². The minimum atomic E-state index is 0.224. The van der Waals surface area contributed by atoms with Crippen LogP contribution in [0.3, 0.4) is 0 Å². The van der Waals surface area contributed by atoms with Gasteiger partial charge in [-0.3, -0.25) is 4.79 Å². The zero-order chi connectivity index (χ0) is 20.4. The number of hydrogen-bond donors (Lipinski definition) is 1. The number of halogens is 1. The van der Waals surface area contributed by atoms with Gasteiger partial charge in [0.05, 0.1) is 7.11 Å². The lowest BCUT2D eigenvalue weighted by Crippen LogP contribution is -2.48. The fourth-order valence-electron chi connectivity index (χ4n) is 4.08. The van der Waals surface area contributed by atoms with Gasteiger partial charge in [-0.05, 0) is 55.3 Å². The summed E-state index contributed by atoms with van der Waals surface area (Å²) in [7, 11) is 1.67. The van der Waals surface area contributed by atoms with Crippen molar-refractivity contribution in [2.24, 2.45) is 0 Å². The number of anilines is 1. The molecule has 0 bridgehead atoms. The summed E-state index contributed by atoms with van der Waals surface area (Å²) in [6.45, 7) is 5.27. The topological polar surface area (TPSA) is 48.6 Å². The number of aryl methyl sites for hydroxylation is 2. The van der Waals surface area contributed by atoms with Crippen LogP contribution in [0.5, 0.6) is 5.75 Å².